The van der Waals surface area contributed by atoms with Crippen LogP contribution in [0.25, 0.3) is 0 Å². The number of amides is 3. The van der Waals surface area contributed by atoms with Gasteiger partial charge >= 0.3 is 0 Å². The lowest BCUT2D eigenvalue weighted by atomic mass is 10.0. The van der Waals surface area contributed by atoms with Crippen molar-refractivity contribution in [1.82, 2.24) is 10.2 Å². The third-order valence-corrected chi connectivity index (χ3v) is 4.78. The Morgan fingerprint density at radius 1 is 1.20 bits per heavy atom. The molecule has 1 aliphatic rings. The Kier molecular flexibility index (Phi) is 7.94. The summed E-state index contributed by atoms with van der Waals surface area (Å²) in [6.07, 6.45) is 1.60. The third-order valence-electron chi connectivity index (χ3n) is 4.78. The maximum Gasteiger partial charge on any atom is 0.241 e. The Morgan fingerprint density at radius 3 is 2.24 bits per heavy atom. The SMILES string of the molecule is COC(C)(CCC(CNC(=O)C1CCN(C=O)C1=O)(OC)OC)OC. The molecule has 1 atom stereocenters. The molecule has 9 heteroatoms. The second kappa shape index (κ2) is 9.23. The fourth-order valence-corrected chi connectivity index (χ4v) is 2.62. The van der Waals surface area contributed by atoms with Gasteiger partial charge in [0.05, 0.1) is 6.54 Å². The number of hydrogen-bond acceptors (Lipinski definition) is 7. The molecule has 1 unspecified atom stereocenters. The van der Waals surface area contributed by atoms with Crippen LogP contribution in [0, 0.1) is 5.92 Å². The van der Waals surface area contributed by atoms with Gasteiger partial charge in [-0.25, -0.2) is 0 Å². The van der Waals surface area contributed by atoms with Crippen molar-refractivity contribution in [3.05, 3.63) is 0 Å². The van der Waals surface area contributed by atoms with E-state index < -0.39 is 29.3 Å². The quantitative estimate of drug-likeness (QED) is 0.311. The van der Waals surface area contributed by atoms with E-state index in [4.69, 9.17) is 18.9 Å². The number of carbonyl (C=O) groups is 3. The van der Waals surface area contributed by atoms with Crippen LogP contribution in [0.5, 0.6) is 0 Å². The number of imide groups is 1. The number of rotatable bonds is 11. The minimum Gasteiger partial charge on any atom is -0.353 e. The Balaban J connectivity index is 2.67. The number of likely N-dealkylation sites (tertiary alicyclic amines) is 1. The van der Waals surface area contributed by atoms with Crippen molar-refractivity contribution in [3.63, 3.8) is 0 Å². The normalized spacial score (nSPS) is 18.5. The Labute approximate surface area is 147 Å². The number of methoxy groups -OCH3 is 4. The molecule has 0 radical (unpaired) electrons. The van der Waals surface area contributed by atoms with E-state index in [2.05, 4.69) is 5.32 Å². The summed E-state index contributed by atoms with van der Waals surface area (Å²) in [6.45, 7) is 2.08. The van der Waals surface area contributed by atoms with Gasteiger partial charge in [-0.2, -0.15) is 0 Å². The molecule has 1 fully saturated rings. The Bertz CT molecular complexity index is 475. The fraction of sp³-hybridized carbons (Fsp3) is 0.812. The van der Waals surface area contributed by atoms with Gasteiger partial charge in [-0.15, -0.1) is 0 Å². The van der Waals surface area contributed by atoms with Crippen LogP contribution < -0.4 is 5.32 Å². The van der Waals surface area contributed by atoms with Crippen molar-refractivity contribution in [2.45, 2.75) is 37.8 Å². The van der Waals surface area contributed by atoms with E-state index in [0.29, 0.717) is 25.7 Å². The summed E-state index contributed by atoms with van der Waals surface area (Å²) in [7, 11) is 6.02. The summed E-state index contributed by atoms with van der Waals surface area (Å²) in [6, 6.07) is 0. The maximum atomic E-state index is 12.3. The molecule has 0 aromatic heterocycles. The van der Waals surface area contributed by atoms with Crippen molar-refractivity contribution < 1.29 is 33.3 Å². The van der Waals surface area contributed by atoms with Crippen LogP contribution >= 0.6 is 0 Å². The summed E-state index contributed by atoms with van der Waals surface area (Å²) in [5, 5.41) is 2.68. The highest BCUT2D eigenvalue weighted by atomic mass is 16.7. The lowest BCUT2D eigenvalue weighted by Crippen LogP contribution is -2.49. The highest BCUT2D eigenvalue weighted by Crippen LogP contribution is 2.26. The molecule has 1 aliphatic heterocycles. The van der Waals surface area contributed by atoms with Crippen LogP contribution in [0.1, 0.15) is 26.2 Å². The summed E-state index contributed by atoms with van der Waals surface area (Å²) in [5.41, 5.74) is 0. The molecule has 0 saturated carbocycles. The van der Waals surface area contributed by atoms with E-state index in [1.54, 1.807) is 6.92 Å². The molecule has 1 N–H and O–H groups in total. The first-order valence-corrected chi connectivity index (χ1v) is 8.04. The molecule has 0 aromatic carbocycles. The van der Waals surface area contributed by atoms with Crippen LogP contribution in [-0.4, -0.2) is 76.2 Å². The van der Waals surface area contributed by atoms with Crippen LogP contribution in [0.4, 0.5) is 0 Å². The maximum absolute atomic E-state index is 12.3. The molecule has 25 heavy (non-hydrogen) atoms. The highest BCUT2D eigenvalue weighted by molar-refractivity contribution is 6.04. The molecule has 0 aromatic rings. The van der Waals surface area contributed by atoms with Gasteiger partial charge < -0.3 is 24.3 Å². The largest absolute Gasteiger partial charge is 0.353 e. The van der Waals surface area contributed by atoms with E-state index in [0.717, 1.165) is 4.90 Å². The Morgan fingerprint density at radius 2 is 1.80 bits per heavy atom. The summed E-state index contributed by atoms with van der Waals surface area (Å²) in [5.74, 6) is -3.69. The standard InChI is InChI=1S/C16H28N2O7/c1-15(22-2,23-3)7-8-16(24-4,25-5)10-17-13(20)12-6-9-18(11-19)14(12)21/h11-12H,6-10H2,1-5H3,(H,17,20). The zero-order valence-corrected chi connectivity index (χ0v) is 15.5. The molecule has 0 bridgehead atoms. The van der Waals surface area contributed by atoms with Gasteiger partial charge in [0.1, 0.15) is 5.92 Å². The summed E-state index contributed by atoms with van der Waals surface area (Å²) in [4.78, 5) is 35.9. The predicted molar refractivity (Wildman–Crippen MR) is 87.3 cm³/mol. The molecular weight excluding hydrogens is 332 g/mol. The molecule has 0 aliphatic carbocycles. The van der Waals surface area contributed by atoms with Crippen molar-refractivity contribution >= 4 is 18.2 Å². The van der Waals surface area contributed by atoms with Crippen LogP contribution in [0.15, 0.2) is 0 Å². The molecule has 0 spiro atoms. The average Bonchev–Trinajstić information content (AvgIpc) is 3.02. The minimum absolute atomic E-state index is 0.0488. The van der Waals surface area contributed by atoms with Crippen LogP contribution in [0.3, 0.4) is 0 Å². The van der Waals surface area contributed by atoms with Gasteiger partial charge in [-0.3, -0.25) is 19.3 Å². The lowest BCUT2D eigenvalue weighted by molar-refractivity contribution is -0.240. The van der Waals surface area contributed by atoms with E-state index in [1.807, 2.05) is 0 Å². The van der Waals surface area contributed by atoms with E-state index in [-0.39, 0.29) is 13.1 Å². The van der Waals surface area contributed by atoms with E-state index >= 15 is 0 Å². The average molecular weight is 360 g/mol. The molecule has 144 valence electrons. The number of carbonyl (C=O) groups excluding carboxylic acids is 3. The number of nitrogens with one attached hydrogen (secondary N) is 1. The zero-order valence-electron chi connectivity index (χ0n) is 15.5. The van der Waals surface area contributed by atoms with Crippen molar-refractivity contribution in [2.24, 2.45) is 5.92 Å². The van der Waals surface area contributed by atoms with Crippen LogP contribution in [0.2, 0.25) is 0 Å². The Hall–Kier alpha value is -1.55. The van der Waals surface area contributed by atoms with E-state index in [9.17, 15) is 14.4 Å². The first-order chi connectivity index (χ1) is 11.8. The first kappa shape index (κ1) is 21.5. The van der Waals surface area contributed by atoms with Crippen molar-refractivity contribution in [1.29, 1.82) is 0 Å². The number of hydrogen-bond donors (Lipinski definition) is 1. The first-order valence-electron chi connectivity index (χ1n) is 8.04. The number of nitrogens with zero attached hydrogens (tertiary/aromatic N) is 1. The van der Waals surface area contributed by atoms with Crippen molar-refractivity contribution in [2.75, 3.05) is 41.5 Å². The topological polar surface area (TPSA) is 103 Å². The predicted octanol–water partition coefficient (Wildman–Crippen LogP) is -0.114. The van der Waals surface area contributed by atoms with Gasteiger partial charge in [0, 0.05) is 47.8 Å². The molecule has 1 saturated heterocycles. The lowest BCUT2D eigenvalue weighted by Gasteiger charge is -2.35. The van der Waals surface area contributed by atoms with Gasteiger partial charge in [0.15, 0.2) is 11.6 Å². The van der Waals surface area contributed by atoms with Gasteiger partial charge in [0.25, 0.3) is 0 Å². The zero-order chi connectivity index (χ0) is 19.1. The molecule has 3 amide bonds. The highest BCUT2D eigenvalue weighted by Gasteiger charge is 2.39. The second-order valence-electron chi connectivity index (χ2n) is 6.06. The van der Waals surface area contributed by atoms with Gasteiger partial charge in [0.2, 0.25) is 18.2 Å². The second-order valence-corrected chi connectivity index (χ2v) is 6.06. The van der Waals surface area contributed by atoms with Gasteiger partial charge in [-0.1, -0.05) is 0 Å². The summed E-state index contributed by atoms with van der Waals surface area (Å²) < 4.78 is 21.5. The van der Waals surface area contributed by atoms with E-state index in [1.165, 1.54) is 28.4 Å². The fourth-order valence-electron chi connectivity index (χ4n) is 2.62. The molecular formula is C16H28N2O7. The molecule has 1 rings (SSSR count). The summed E-state index contributed by atoms with van der Waals surface area (Å²) >= 11 is 0. The smallest absolute Gasteiger partial charge is 0.241 e. The molecule has 9 nitrogen and oxygen atoms in total. The molecule has 1 heterocycles. The third kappa shape index (κ3) is 5.21. The monoisotopic (exact) mass is 360 g/mol. The number of ether oxygens (including phenoxy) is 4. The van der Waals surface area contributed by atoms with Crippen molar-refractivity contribution in [3.8, 4) is 0 Å². The van der Waals surface area contributed by atoms with Gasteiger partial charge in [-0.05, 0) is 13.3 Å². The van der Waals surface area contributed by atoms with Crippen LogP contribution in [-0.2, 0) is 33.3 Å². The minimum atomic E-state index is -1.08.